The largest absolute Gasteiger partial charge is 0.289 e. The molecule has 0 amide bonds. The van der Waals surface area contributed by atoms with Gasteiger partial charge in [-0.3, -0.25) is 4.79 Å². The number of ketones is 1. The highest BCUT2D eigenvalue weighted by Gasteiger charge is 2.12. The monoisotopic (exact) mass is 258 g/mol. The van der Waals surface area contributed by atoms with Crippen molar-refractivity contribution in [2.75, 3.05) is 0 Å². The number of aryl methyl sites for hydroxylation is 3. The van der Waals surface area contributed by atoms with E-state index in [2.05, 4.69) is 0 Å². The number of halogens is 1. The van der Waals surface area contributed by atoms with Crippen molar-refractivity contribution in [3.63, 3.8) is 0 Å². The van der Waals surface area contributed by atoms with Crippen LogP contribution in [0.1, 0.15) is 32.6 Å². The fraction of sp³-hybridized carbons (Fsp3) is 0.188. The summed E-state index contributed by atoms with van der Waals surface area (Å²) in [5, 5.41) is 0.687. The molecular formula is C16H15ClO. The molecule has 0 bridgehead atoms. The van der Waals surface area contributed by atoms with Crippen LogP contribution in [0.4, 0.5) is 0 Å². The van der Waals surface area contributed by atoms with E-state index in [4.69, 9.17) is 11.6 Å². The van der Waals surface area contributed by atoms with Gasteiger partial charge in [0.25, 0.3) is 0 Å². The Morgan fingerprint density at radius 1 is 0.944 bits per heavy atom. The molecule has 0 unspecified atom stereocenters. The Bertz CT molecular complexity index is 614. The Morgan fingerprint density at radius 3 is 2.28 bits per heavy atom. The van der Waals surface area contributed by atoms with Crippen LogP contribution >= 0.6 is 11.6 Å². The molecule has 0 spiro atoms. The third kappa shape index (κ3) is 2.46. The second-order valence-electron chi connectivity index (χ2n) is 4.61. The van der Waals surface area contributed by atoms with Crippen LogP contribution in [0.15, 0.2) is 36.4 Å². The van der Waals surface area contributed by atoms with Crippen molar-refractivity contribution >= 4 is 17.4 Å². The summed E-state index contributed by atoms with van der Waals surface area (Å²) in [6.07, 6.45) is 0. The van der Waals surface area contributed by atoms with Crippen molar-refractivity contribution in [2.24, 2.45) is 0 Å². The maximum Gasteiger partial charge on any atom is 0.193 e. The molecule has 0 N–H and O–H groups in total. The maximum absolute atomic E-state index is 12.4. The molecule has 0 aliphatic carbocycles. The summed E-state index contributed by atoms with van der Waals surface area (Å²) in [7, 11) is 0. The lowest BCUT2D eigenvalue weighted by atomic mass is 9.97. The average Bonchev–Trinajstić information content (AvgIpc) is 2.32. The first-order valence-electron chi connectivity index (χ1n) is 5.87. The molecule has 0 heterocycles. The zero-order valence-electron chi connectivity index (χ0n) is 10.8. The number of benzene rings is 2. The van der Waals surface area contributed by atoms with Gasteiger partial charge >= 0.3 is 0 Å². The van der Waals surface area contributed by atoms with Gasteiger partial charge < -0.3 is 0 Å². The summed E-state index contributed by atoms with van der Waals surface area (Å²) >= 11 is 5.97. The van der Waals surface area contributed by atoms with Gasteiger partial charge in [0.1, 0.15) is 0 Å². The minimum atomic E-state index is 0.0484. The van der Waals surface area contributed by atoms with Crippen molar-refractivity contribution in [2.45, 2.75) is 20.8 Å². The van der Waals surface area contributed by atoms with E-state index >= 15 is 0 Å². The minimum absolute atomic E-state index is 0.0484. The topological polar surface area (TPSA) is 17.1 Å². The Labute approximate surface area is 112 Å². The highest BCUT2D eigenvalue weighted by atomic mass is 35.5. The molecule has 0 aliphatic heterocycles. The summed E-state index contributed by atoms with van der Waals surface area (Å²) in [6.45, 7) is 5.89. The molecule has 0 radical (unpaired) electrons. The molecule has 2 aromatic carbocycles. The average molecular weight is 259 g/mol. The summed E-state index contributed by atoms with van der Waals surface area (Å²) in [4.78, 5) is 12.4. The van der Waals surface area contributed by atoms with Crippen LogP contribution in [-0.4, -0.2) is 5.78 Å². The quantitative estimate of drug-likeness (QED) is 0.725. The van der Waals surface area contributed by atoms with Crippen LogP contribution in [0.3, 0.4) is 0 Å². The van der Waals surface area contributed by atoms with Crippen LogP contribution in [0.25, 0.3) is 0 Å². The number of hydrogen-bond donors (Lipinski definition) is 0. The third-order valence-corrected chi connectivity index (χ3v) is 3.47. The molecule has 0 atom stereocenters. The number of hydrogen-bond acceptors (Lipinski definition) is 1. The third-order valence-electron chi connectivity index (χ3n) is 3.05. The van der Waals surface area contributed by atoms with Crippen molar-refractivity contribution in [3.05, 3.63) is 69.2 Å². The van der Waals surface area contributed by atoms with Crippen molar-refractivity contribution in [3.8, 4) is 0 Å². The van der Waals surface area contributed by atoms with Crippen LogP contribution < -0.4 is 0 Å². The molecular weight excluding hydrogens is 244 g/mol. The zero-order chi connectivity index (χ0) is 13.3. The van der Waals surface area contributed by atoms with Gasteiger partial charge in [0.2, 0.25) is 0 Å². The predicted octanol–water partition coefficient (Wildman–Crippen LogP) is 4.50. The standard InChI is InChI=1S/C16H15ClO/c1-10-4-6-14(11(2)8-10)16(18)13-5-7-15(17)12(3)9-13/h4-9H,1-3H3. The summed E-state index contributed by atoms with van der Waals surface area (Å²) < 4.78 is 0. The van der Waals surface area contributed by atoms with Crippen LogP contribution in [0.2, 0.25) is 5.02 Å². The van der Waals surface area contributed by atoms with E-state index in [1.165, 1.54) is 0 Å². The highest BCUT2D eigenvalue weighted by Crippen LogP contribution is 2.20. The summed E-state index contributed by atoms with van der Waals surface area (Å²) in [5.74, 6) is 0.0484. The van der Waals surface area contributed by atoms with Gasteiger partial charge in [0.15, 0.2) is 5.78 Å². The minimum Gasteiger partial charge on any atom is -0.289 e. The number of carbonyl (C=O) groups is 1. The van der Waals surface area contributed by atoms with E-state index < -0.39 is 0 Å². The van der Waals surface area contributed by atoms with E-state index in [1.54, 1.807) is 12.1 Å². The lowest BCUT2D eigenvalue weighted by Crippen LogP contribution is -2.04. The summed E-state index contributed by atoms with van der Waals surface area (Å²) in [6, 6.07) is 11.3. The second kappa shape index (κ2) is 4.95. The zero-order valence-corrected chi connectivity index (χ0v) is 11.5. The van der Waals surface area contributed by atoms with E-state index in [-0.39, 0.29) is 5.78 Å². The van der Waals surface area contributed by atoms with Gasteiger partial charge in [0.05, 0.1) is 0 Å². The Hall–Kier alpha value is -1.60. The highest BCUT2D eigenvalue weighted by molar-refractivity contribution is 6.31. The first-order chi connectivity index (χ1) is 8.49. The second-order valence-corrected chi connectivity index (χ2v) is 5.02. The van der Waals surface area contributed by atoms with Crippen molar-refractivity contribution < 1.29 is 4.79 Å². The molecule has 2 rings (SSSR count). The lowest BCUT2D eigenvalue weighted by molar-refractivity contribution is 0.103. The van der Waals surface area contributed by atoms with E-state index in [9.17, 15) is 4.79 Å². The Kier molecular flexibility index (Phi) is 3.53. The van der Waals surface area contributed by atoms with Gasteiger partial charge in [0, 0.05) is 16.1 Å². The molecule has 0 fully saturated rings. The molecule has 2 heteroatoms. The van der Waals surface area contributed by atoms with E-state index in [0.717, 1.165) is 22.3 Å². The van der Waals surface area contributed by atoms with E-state index in [1.807, 2.05) is 45.0 Å². The van der Waals surface area contributed by atoms with Gasteiger partial charge in [-0.05, 0) is 50.1 Å². The SMILES string of the molecule is Cc1ccc(C(=O)c2ccc(Cl)c(C)c2)c(C)c1. The Morgan fingerprint density at radius 2 is 1.67 bits per heavy atom. The van der Waals surface area contributed by atoms with Gasteiger partial charge in [-0.25, -0.2) is 0 Å². The molecule has 92 valence electrons. The van der Waals surface area contributed by atoms with Gasteiger partial charge in [-0.1, -0.05) is 35.4 Å². The van der Waals surface area contributed by atoms with Crippen LogP contribution in [0, 0.1) is 20.8 Å². The Balaban J connectivity index is 2.44. The lowest BCUT2D eigenvalue weighted by Gasteiger charge is -2.07. The maximum atomic E-state index is 12.4. The molecule has 0 saturated heterocycles. The van der Waals surface area contributed by atoms with E-state index in [0.29, 0.717) is 10.6 Å². The fourth-order valence-corrected chi connectivity index (χ4v) is 2.13. The van der Waals surface area contributed by atoms with Crippen molar-refractivity contribution in [1.29, 1.82) is 0 Å². The first kappa shape index (κ1) is 12.8. The molecule has 0 aromatic heterocycles. The normalized spacial score (nSPS) is 10.4. The molecule has 0 saturated carbocycles. The van der Waals surface area contributed by atoms with Crippen LogP contribution in [-0.2, 0) is 0 Å². The molecule has 18 heavy (non-hydrogen) atoms. The van der Waals surface area contributed by atoms with Crippen LogP contribution in [0.5, 0.6) is 0 Å². The number of rotatable bonds is 2. The number of carbonyl (C=O) groups excluding carboxylic acids is 1. The predicted molar refractivity (Wildman–Crippen MR) is 75.5 cm³/mol. The first-order valence-corrected chi connectivity index (χ1v) is 6.25. The van der Waals surface area contributed by atoms with Gasteiger partial charge in [-0.15, -0.1) is 0 Å². The summed E-state index contributed by atoms with van der Waals surface area (Å²) in [5.41, 5.74) is 4.53. The van der Waals surface area contributed by atoms with Crippen molar-refractivity contribution in [1.82, 2.24) is 0 Å². The fourth-order valence-electron chi connectivity index (χ4n) is 2.01. The molecule has 0 aliphatic rings. The van der Waals surface area contributed by atoms with Gasteiger partial charge in [-0.2, -0.15) is 0 Å². The molecule has 2 aromatic rings. The molecule has 1 nitrogen and oxygen atoms in total. The smallest absolute Gasteiger partial charge is 0.193 e.